The Kier molecular flexibility index (Phi) is 3.02. The van der Waals surface area contributed by atoms with Crippen LogP contribution >= 0.6 is 0 Å². The first kappa shape index (κ1) is 12.5. The Bertz CT molecular complexity index is 587. The van der Waals surface area contributed by atoms with Crippen LogP contribution in [0.4, 0.5) is 13.2 Å². The monoisotopic (exact) mass is 257 g/mol. The summed E-state index contributed by atoms with van der Waals surface area (Å²) in [4.78, 5) is 11.0. The minimum absolute atomic E-state index is 0.0211. The number of aromatic carboxylic acids is 1. The molecule has 2 rings (SSSR count). The van der Waals surface area contributed by atoms with Crippen LogP contribution in [0.25, 0.3) is 10.9 Å². The number of nitrogens with zero attached hydrogens (tertiary/aromatic N) is 1. The zero-order chi connectivity index (χ0) is 13.3. The second-order valence-corrected chi connectivity index (χ2v) is 3.92. The zero-order valence-corrected chi connectivity index (χ0v) is 9.24. The summed E-state index contributed by atoms with van der Waals surface area (Å²) in [5, 5.41) is 9.44. The highest BCUT2D eigenvalue weighted by atomic mass is 19.4. The van der Waals surface area contributed by atoms with E-state index in [1.807, 2.05) is 0 Å². The summed E-state index contributed by atoms with van der Waals surface area (Å²) in [7, 11) is 0. The molecule has 96 valence electrons. The standard InChI is InChI=1S/C12H10F3NO2/c13-12(14,15)5-6-16-7-9(11(17)18)8-3-1-2-4-10(8)16/h1-4,7H,5-6H2,(H,17,18). The molecule has 1 aromatic heterocycles. The van der Waals surface area contributed by atoms with Crippen LogP contribution in [-0.4, -0.2) is 21.8 Å². The Labute approximate surface area is 100 Å². The lowest BCUT2D eigenvalue weighted by Crippen LogP contribution is -2.11. The number of halogens is 3. The first-order valence-electron chi connectivity index (χ1n) is 5.26. The summed E-state index contributed by atoms with van der Waals surface area (Å²) in [5.74, 6) is -1.14. The molecule has 6 heteroatoms. The molecule has 1 heterocycles. The van der Waals surface area contributed by atoms with E-state index in [-0.39, 0.29) is 12.1 Å². The zero-order valence-electron chi connectivity index (χ0n) is 9.24. The molecule has 0 saturated carbocycles. The molecule has 18 heavy (non-hydrogen) atoms. The first-order valence-corrected chi connectivity index (χ1v) is 5.26. The molecule has 3 nitrogen and oxygen atoms in total. The second-order valence-electron chi connectivity index (χ2n) is 3.92. The SMILES string of the molecule is O=C(O)c1cn(CCC(F)(F)F)c2ccccc12. The second kappa shape index (κ2) is 4.36. The molecule has 0 fully saturated rings. The van der Waals surface area contributed by atoms with Gasteiger partial charge in [-0.25, -0.2) is 4.79 Å². The number of aryl methyl sites for hydroxylation is 1. The van der Waals surface area contributed by atoms with Crippen LogP contribution in [0.3, 0.4) is 0 Å². The maximum atomic E-state index is 12.2. The van der Waals surface area contributed by atoms with Crippen molar-refractivity contribution in [1.82, 2.24) is 4.57 Å². The molecule has 0 radical (unpaired) electrons. The Balaban J connectivity index is 2.42. The number of rotatable bonds is 3. The lowest BCUT2D eigenvalue weighted by Gasteiger charge is -2.08. The highest BCUT2D eigenvalue weighted by Gasteiger charge is 2.27. The number of carboxylic acids is 1. The van der Waals surface area contributed by atoms with Gasteiger partial charge in [-0.2, -0.15) is 13.2 Å². The normalized spacial score (nSPS) is 11.9. The molecular weight excluding hydrogens is 247 g/mol. The predicted octanol–water partition coefficient (Wildman–Crippen LogP) is 3.29. The fraction of sp³-hybridized carbons (Fsp3) is 0.250. The summed E-state index contributed by atoms with van der Waals surface area (Å²) >= 11 is 0. The molecule has 0 unspecified atom stereocenters. The van der Waals surface area contributed by atoms with E-state index in [2.05, 4.69) is 0 Å². The number of alkyl halides is 3. The van der Waals surface area contributed by atoms with E-state index in [1.165, 1.54) is 10.8 Å². The highest BCUT2D eigenvalue weighted by Crippen LogP contribution is 2.25. The Morgan fingerprint density at radius 2 is 1.94 bits per heavy atom. The molecule has 0 aliphatic carbocycles. The van der Waals surface area contributed by atoms with E-state index in [0.29, 0.717) is 10.9 Å². The molecule has 0 atom stereocenters. The van der Waals surface area contributed by atoms with Gasteiger partial charge in [0.05, 0.1) is 12.0 Å². The van der Waals surface area contributed by atoms with E-state index in [0.717, 1.165) is 0 Å². The number of benzene rings is 1. The van der Waals surface area contributed by atoms with E-state index < -0.39 is 18.6 Å². The summed E-state index contributed by atoms with van der Waals surface area (Å²) in [5.41, 5.74) is 0.520. The molecule has 0 saturated heterocycles. The molecule has 0 bridgehead atoms. The molecular formula is C12H10F3NO2. The largest absolute Gasteiger partial charge is 0.478 e. The molecule has 1 N–H and O–H groups in total. The van der Waals surface area contributed by atoms with Gasteiger partial charge in [-0.1, -0.05) is 18.2 Å². The summed E-state index contributed by atoms with van der Waals surface area (Å²) in [6.07, 6.45) is -3.99. The van der Waals surface area contributed by atoms with Crippen molar-refractivity contribution in [2.24, 2.45) is 0 Å². The van der Waals surface area contributed by atoms with Gasteiger partial charge in [0.25, 0.3) is 0 Å². The molecule has 0 spiro atoms. The number of aromatic nitrogens is 1. The Morgan fingerprint density at radius 1 is 1.28 bits per heavy atom. The molecule has 0 aliphatic heterocycles. The third kappa shape index (κ3) is 2.47. The van der Waals surface area contributed by atoms with Gasteiger partial charge in [0.15, 0.2) is 0 Å². The fourth-order valence-electron chi connectivity index (χ4n) is 1.85. The van der Waals surface area contributed by atoms with E-state index >= 15 is 0 Å². The maximum Gasteiger partial charge on any atom is 0.390 e. The summed E-state index contributed by atoms with van der Waals surface area (Å²) < 4.78 is 37.9. The lowest BCUT2D eigenvalue weighted by molar-refractivity contribution is -0.136. The van der Waals surface area contributed by atoms with Crippen molar-refractivity contribution in [3.05, 3.63) is 36.0 Å². The van der Waals surface area contributed by atoms with Gasteiger partial charge >= 0.3 is 12.1 Å². The number of carboxylic acid groups (broad SMARTS) is 1. The smallest absolute Gasteiger partial charge is 0.390 e. The number of carbonyl (C=O) groups is 1. The van der Waals surface area contributed by atoms with Crippen LogP contribution < -0.4 is 0 Å². The van der Waals surface area contributed by atoms with Crippen LogP contribution in [0.15, 0.2) is 30.5 Å². The third-order valence-electron chi connectivity index (χ3n) is 2.66. The topological polar surface area (TPSA) is 42.2 Å². The van der Waals surface area contributed by atoms with Gasteiger partial charge in [-0.3, -0.25) is 0 Å². The van der Waals surface area contributed by atoms with Crippen LogP contribution in [-0.2, 0) is 6.54 Å². The van der Waals surface area contributed by atoms with Crippen LogP contribution in [0, 0.1) is 0 Å². The van der Waals surface area contributed by atoms with Gasteiger partial charge < -0.3 is 9.67 Å². The van der Waals surface area contributed by atoms with Crippen molar-refractivity contribution >= 4 is 16.9 Å². The lowest BCUT2D eigenvalue weighted by atomic mass is 10.2. The van der Waals surface area contributed by atoms with Gasteiger partial charge in [0.1, 0.15) is 0 Å². The quantitative estimate of drug-likeness (QED) is 0.916. The van der Waals surface area contributed by atoms with Gasteiger partial charge in [0, 0.05) is 23.6 Å². The number of hydrogen-bond donors (Lipinski definition) is 1. The van der Waals surface area contributed by atoms with Crippen LogP contribution in [0.5, 0.6) is 0 Å². The average molecular weight is 257 g/mol. The molecule has 1 aromatic carbocycles. The number of hydrogen-bond acceptors (Lipinski definition) is 1. The number of para-hydroxylation sites is 1. The van der Waals surface area contributed by atoms with Crippen molar-refractivity contribution in [1.29, 1.82) is 0 Å². The Hall–Kier alpha value is -1.98. The maximum absolute atomic E-state index is 12.2. The van der Waals surface area contributed by atoms with Crippen molar-refractivity contribution in [3.63, 3.8) is 0 Å². The van der Waals surface area contributed by atoms with Gasteiger partial charge in [-0.15, -0.1) is 0 Å². The third-order valence-corrected chi connectivity index (χ3v) is 2.66. The van der Waals surface area contributed by atoms with Crippen LogP contribution in [0.2, 0.25) is 0 Å². The minimum Gasteiger partial charge on any atom is -0.478 e. The minimum atomic E-state index is -4.26. The van der Waals surface area contributed by atoms with Crippen LogP contribution in [0.1, 0.15) is 16.8 Å². The fourth-order valence-corrected chi connectivity index (χ4v) is 1.85. The van der Waals surface area contributed by atoms with Crippen molar-refractivity contribution in [2.45, 2.75) is 19.1 Å². The Morgan fingerprint density at radius 3 is 2.56 bits per heavy atom. The van der Waals surface area contributed by atoms with E-state index in [4.69, 9.17) is 5.11 Å². The summed E-state index contributed by atoms with van der Waals surface area (Å²) in [6, 6.07) is 6.52. The van der Waals surface area contributed by atoms with Crippen molar-refractivity contribution in [2.75, 3.05) is 0 Å². The molecule has 2 aromatic rings. The highest BCUT2D eigenvalue weighted by molar-refractivity contribution is 6.03. The van der Waals surface area contributed by atoms with E-state index in [1.54, 1.807) is 24.3 Å². The van der Waals surface area contributed by atoms with E-state index in [9.17, 15) is 18.0 Å². The molecule has 0 aliphatic rings. The van der Waals surface area contributed by atoms with Crippen molar-refractivity contribution < 1.29 is 23.1 Å². The van der Waals surface area contributed by atoms with Gasteiger partial charge in [-0.05, 0) is 6.07 Å². The average Bonchev–Trinajstić information content (AvgIpc) is 2.64. The molecule has 0 amide bonds. The first-order chi connectivity index (χ1) is 8.38. The summed E-state index contributed by atoms with van der Waals surface area (Å²) in [6.45, 7) is -0.280. The predicted molar refractivity (Wildman–Crippen MR) is 59.6 cm³/mol. The van der Waals surface area contributed by atoms with Crippen molar-refractivity contribution in [3.8, 4) is 0 Å². The number of fused-ring (bicyclic) bond motifs is 1. The van der Waals surface area contributed by atoms with Gasteiger partial charge in [0.2, 0.25) is 0 Å².